The third-order valence-electron chi connectivity index (χ3n) is 6.77. The highest BCUT2D eigenvalue weighted by atomic mass is 32.1. The quantitative estimate of drug-likeness (QED) is 0.136. The highest BCUT2D eigenvalue weighted by Crippen LogP contribution is 2.65. The van der Waals surface area contributed by atoms with E-state index in [1.54, 1.807) is 41.7 Å². The number of rotatable bonds is 5. The van der Waals surface area contributed by atoms with Gasteiger partial charge in [0.05, 0.1) is 0 Å². The van der Waals surface area contributed by atoms with Crippen molar-refractivity contribution in [3.8, 4) is 29.9 Å². The lowest BCUT2D eigenvalue weighted by atomic mass is 9.90. The number of aryl methyl sites for hydroxylation is 2. The SMILES string of the molecule is [B]c1sc(-c2ccccc2)cc1C1=C(c2cc(-c3ccc(-c4ccc(C)s4)s3)sc2C)C(F)(F)C(F)(F)C1(F)F. The van der Waals surface area contributed by atoms with Gasteiger partial charge in [-0.15, -0.1) is 34.0 Å². The van der Waals surface area contributed by atoms with Crippen LogP contribution in [0.15, 0.2) is 66.7 Å². The number of hydrogen-bond donors (Lipinski definition) is 0. The minimum Gasteiger partial charge on any atom is -0.194 e. The lowest BCUT2D eigenvalue weighted by Gasteiger charge is -2.25. The lowest BCUT2D eigenvalue weighted by Crippen LogP contribution is -2.49. The van der Waals surface area contributed by atoms with Gasteiger partial charge in [-0.2, -0.15) is 37.7 Å². The smallest absolute Gasteiger partial charge is 0.194 e. The van der Waals surface area contributed by atoms with Crippen LogP contribution in [0.5, 0.6) is 0 Å². The van der Waals surface area contributed by atoms with Gasteiger partial charge >= 0.3 is 17.8 Å². The highest BCUT2D eigenvalue weighted by molar-refractivity contribution is 7.26. The second-order valence-electron chi connectivity index (χ2n) is 9.38. The van der Waals surface area contributed by atoms with Crippen molar-refractivity contribution in [3.05, 3.63) is 87.6 Å². The standard InChI is InChI=1S/C29H17BF6S4/c1-14-8-9-19(37-14)20-10-11-21(39-20)23-12-17(15(2)38-23)24-25(28(33,34)29(35,36)27(24,31)32)18-13-22(40-26(18)30)16-6-4-3-5-7-16/h3-13H,1-2H3. The molecule has 0 saturated heterocycles. The van der Waals surface area contributed by atoms with Gasteiger partial charge in [-0.1, -0.05) is 30.3 Å². The first-order valence-electron chi connectivity index (χ1n) is 11.9. The Morgan fingerprint density at radius 2 is 1.12 bits per heavy atom. The highest BCUT2D eigenvalue weighted by Gasteiger charge is 2.80. The molecular formula is C29H17BF6S4. The first kappa shape index (κ1) is 27.6. The van der Waals surface area contributed by atoms with Crippen LogP contribution < -0.4 is 4.78 Å². The maximum absolute atomic E-state index is 15.5. The predicted octanol–water partition coefficient (Wildman–Crippen LogP) is 10.2. The second-order valence-corrected chi connectivity index (χ2v) is 14.1. The molecule has 5 aromatic rings. The van der Waals surface area contributed by atoms with E-state index in [9.17, 15) is 8.78 Å². The molecule has 0 nitrogen and oxygen atoms in total. The summed E-state index contributed by atoms with van der Waals surface area (Å²) in [5, 5.41) is 0. The van der Waals surface area contributed by atoms with Crippen LogP contribution in [-0.4, -0.2) is 25.6 Å². The molecule has 0 spiro atoms. The largest absolute Gasteiger partial charge is 0.380 e. The molecule has 11 heteroatoms. The van der Waals surface area contributed by atoms with E-state index in [1.165, 1.54) is 30.4 Å². The molecule has 6 rings (SSSR count). The summed E-state index contributed by atoms with van der Waals surface area (Å²) in [4.78, 5) is 5.03. The van der Waals surface area contributed by atoms with Gasteiger partial charge in [0.15, 0.2) is 0 Å². The normalized spacial score (nSPS) is 17.6. The fraction of sp³-hybridized carbons (Fsp3) is 0.172. The summed E-state index contributed by atoms with van der Waals surface area (Å²) >= 11 is 5.01. The fourth-order valence-corrected chi connectivity index (χ4v) is 8.81. The number of alkyl halides is 6. The van der Waals surface area contributed by atoms with Crippen molar-refractivity contribution in [1.29, 1.82) is 0 Å². The topological polar surface area (TPSA) is 0 Å². The molecule has 0 aliphatic heterocycles. The zero-order valence-electron chi connectivity index (χ0n) is 20.8. The first-order chi connectivity index (χ1) is 18.8. The Kier molecular flexibility index (Phi) is 6.53. The Balaban J connectivity index is 1.53. The average Bonchev–Trinajstić information content (AvgIpc) is 3.70. The van der Waals surface area contributed by atoms with E-state index in [0.717, 1.165) is 42.2 Å². The summed E-state index contributed by atoms with van der Waals surface area (Å²) in [6.07, 6.45) is 0. The zero-order chi connectivity index (χ0) is 28.6. The molecule has 4 aromatic heterocycles. The summed E-state index contributed by atoms with van der Waals surface area (Å²) in [5.41, 5.74) is -3.02. The van der Waals surface area contributed by atoms with Crippen LogP contribution in [0.1, 0.15) is 20.9 Å². The van der Waals surface area contributed by atoms with E-state index in [2.05, 4.69) is 0 Å². The van der Waals surface area contributed by atoms with Crippen LogP contribution in [0.2, 0.25) is 0 Å². The maximum atomic E-state index is 15.5. The number of allylic oxidation sites excluding steroid dienone is 2. The Morgan fingerprint density at radius 1 is 0.575 bits per heavy atom. The van der Waals surface area contributed by atoms with Crippen molar-refractivity contribution in [1.82, 2.24) is 0 Å². The molecule has 0 bridgehead atoms. The zero-order valence-corrected chi connectivity index (χ0v) is 24.1. The van der Waals surface area contributed by atoms with Gasteiger partial charge in [0.1, 0.15) is 7.85 Å². The van der Waals surface area contributed by atoms with E-state index in [0.29, 0.717) is 15.3 Å². The van der Waals surface area contributed by atoms with Crippen LogP contribution in [0, 0.1) is 13.8 Å². The third-order valence-corrected chi connectivity index (χ3v) is 11.3. The van der Waals surface area contributed by atoms with Crippen LogP contribution in [0.25, 0.3) is 41.1 Å². The lowest BCUT2D eigenvalue weighted by molar-refractivity contribution is -0.254. The van der Waals surface area contributed by atoms with E-state index in [-0.39, 0.29) is 15.2 Å². The van der Waals surface area contributed by atoms with Crippen molar-refractivity contribution in [2.45, 2.75) is 31.6 Å². The Hall–Kier alpha value is -2.60. The van der Waals surface area contributed by atoms with E-state index >= 15 is 17.6 Å². The molecule has 4 heterocycles. The van der Waals surface area contributed by atoms with Crippen molar-refractivity contribution >= 4 is 69.1 Å². The molecular weight excluding hydrogens is 601 g/mol. The fourth-order valence-electron chi connectivity index (χ4n) is 4.80. The molecule has 0 saturated carbocycles. The van der Waals surface area contributed by atoms with Crippen molar-refractivity contribution in [2.75, 3.05) is 0 Å². The van der Waals surface area contributed by atoms with E-state index < -0.39 is 34.5 Å². The predicted molar refractivity (Wildman–Crippen MR) is 157 cm³/mol. The minimum atomic E-state index is -5.65. The molecule has 2 radical (unpaired) electrons. The Bertz CT molecular complexity index is 1770. The molecule has 0 atom stereocenters. The van der Waals surface area contributed by atoms with Gasteiger partial charge in [0.2, 0.25) is 0 Å². The molecule has 40 heavy (non-hydrogen) atoms. The van der Waals surface area contributed by atoms with Crippen LogP contribution >= 0.6 is 45.3 Å². The maximum Gasteiger partial charge on any atom is 0.380 e. The van der Waals surface area contributed by atoms with Gasteiger partial charge < -0.3 is 0 Å². The molecule has 1 aliphatic carbocycles. The molecule has 0 N–H and O–H groups in total. The van der Waals surface area contributed by atoms with Gasteiger partial charge in [0.25, 0.3) is 0 Å². The van der Waals surface area contributed by atoms with E-state index in [4.69, 9.17) is 7.85 Å². The number of thiophene rings is 4. The van der Waals surface area contributed by atoms with Crippen molar-refractivity contribution in [2.24, 2.45) is 0 Å². The van der Waals surface area contributed by atoms with E-state index in [1.807, 2.05) is 31.2 Å². The molecule has 1 aliphatic rings. The van der Waals surface area contributed by atoms with Gasteiger partial charge in [0, 0.05) is 45.3 Å². The number of hydrogen-bond acceptors (Lipinski definition) is 4. The van der Waals surface area contributed by atoms with Crippen LogP contribution in [0.4, 0.5) is 26.3 Å². The molecule has 1 aromatic carbocycles. The Morgan fingerprint density at radius 3 is 1.75 bits per heavy atom. The second kappa shape index (κ2) is 9.47. The number of benzene rings is 1. The Labute approximate surface area is 243 Å². The molecule has 0 amide bonds. The van der Waals surface area contributed by atoms with Crippen molar-refractivity contribution in [3.63, 3.8) is 0 Å². The van der Waals surface area contributed by atoms with Crippen molar-refractivity contribution < 1.29 is 26.3 Å². The average molecular weight is 619 g/mol. The first-order valence-corrected chi connectivity index (χ1v) is 15.2. The summed E-state index contributed by atoms with van der Waals surface area (Å²) in [6.45, 7) is 3.46. The minimum absolute atomic E-state index is 0.231. The molecule has 202 valence electrons. The van der Waals surface area contributed by atoms with Gasteiger partial charge in [-0.05, 0) is 71.7 Å². The number of halogens is 6. The monoisotopic (exact) mass is 618 g/mol. The van der Waals surface area contributed by atoms with Crippen LogP contribution in [-0.2, 0) is 0 Å². The molecule has 0 fully saturated rings. The third kappa shape index (κ3) is 4.08. The summed E-state index contributed by atoms with van der Waals surface area (Å²) in [6, 6.07) is 18.8. The van der Waals surface area contributed by atoms with Crippen LogP contribution in [0.3, 0.4) is 0 Å². The molecule has 0 unspecified atom stereocenters. The summed E-state index contributed by atoms with van der Waals surface area (Å²) in [5.74, 6) is -15.9. The van der Waals surface area contributed by atoms with Gasteiger partial charge in [-0.25, -0.2) is 0 Å². The summed E-state index contributed by atoms with van der Waals surface area (Å²) < 4.78 is 91.4. The van der Waals surface area contributed by atoms with Gasteiger partial charge in [-0.3, -0.25) is 0 Å². The summed E-state index contributed by atoms with van der Waals surface area (Å²) in [7, 11) is 6.06.